The maximum Gasteiger partial charge on any atom is 0.0897 e. The number of hydrogen-bond acceptors (Lipinski definition) is 3. The first-order valence-electron chi connectivity index (χ1n) is 8.54. The van der Waals surface area contributed by atoms with Crippen molar-refractivity contribution in [2.45, 2.75) is 78.9 Å². The van der Waals surface area contributed by atoms with Crippen LogP contribution in [0, 0.1) is 11.8 Å². The predicted octanol–water partition coefficient (Wildman–Crippen LogP) is 3.60. The Balaban J connectivity index is 3.68. The van der Waals surface area contributed by atoms with E-state index in [1.54, 1.807) is 0 Å². The molecule has 2 N–H and O–H groups in total. The van der Waals surface area contributed by atoms with Gasteiger partial charge >= 0.3 is 0 Å². The quantitative estimate of drug-likeness (QED) is 0.544. The Morgan fingerprint density at radius 1 is 1.05 bits per heavy atom. The monoisotopic (exact) mass is 287 g/mol. The van der Waals surface area contributed by atoms with Crippen molar-refractivity contribution >= 4 is 0 Å². The summed E-state index contributed by atoms with van der Waals surface area (Å²) in [6, 6.07) is 0.447. The van der Waals surface area contributed by atoms with E-state index in [0.29, 0.717) is 31.0 Å². The van der Waals surface area contributed by atoms with Crippen LogP contribution in [0.3, 0.4) is 0 Å². The lowest BCUT2D eigenvalue weighted by atomic mass is 10.0. The van der Waals surface area contributed by atoms with Gasteiger partial charge in [0.2, 0.25) is 0 Å². The van der Waals surface area contributed by atoms with E-state index >= 15 is 0 Å². The molecule has 0 rings (SSSR count). The van der Waals surface area contributed by atoms with E-state index in [-0.39, 0.29) is 0 Å². The number of unbranched alkanes of at least 4 members (excludes halogenated alkanes) is 1. The molecule has 0 aromatic carbocycles. The zero-order chi connectivity index (χ0) is 15.4. The third kappa shape index (κ3) is 9.73. The van der Waals surface area contributed by atoms with Gasteiger partial charge in [0.15, 0.2) is 0 Å². The molecular weight excluding hydrogens is 250 g/mol. The second kappa shape index (κ2) is 12.6. The first-order chi connectivity index (χ1) is 9.54. The Kier molecular flexibility index (Phi) is 12.5. The highest BCUT2D eigenvalue weighted by Gasteiger charge is 2.13. The van der Waals surface area contributed by atoms with E-state index < -0.39 is 6.10 Å². The Labute approximate surface area is 126 Å². The highest BCUT2D eigenvalue weighted by atomic mass is 16.5. The molecule has 0 saturated heterocycles. The summed E-state index contributed by atoms with van der Waals surface area (Å²) in [7, 11) is 0. The third-order valence-electron chi connectivity index (χ3n) is 4.38. The lowest BCUT2D eigenvalue weighted by molar-refractivity contribution is 0.0178. The Bertz CT molecular complexity index is 211. The molecular formula is C17H37NO2. The molecule has 0 aliphatic carbocycles. The molecule has 0 aromatic rings. The summed E-state index contributed by atoms with van der Waals surface area (Å²) < 4.78 is 5.67. The fraction of sp³-hybridized carbons (Fsp3) is 1.00. The summed E-state index contributed by atoms with van der Waals surface area (Å²) in [5.74, 6) is 1.29. The van der Waals surface area contributed by atoms with E-state index in [2.05, 4.69) is 39.9 Å². The topological polar surface area (TPSA) is 41.5 Å². The summed E-state index contributed by atoms with van der Waals surface area (Å²) in [6.07, 6.45) is 5.70. The second-order valence-corrected chi connectivity index (χ2v) is 6.19. The van der Waals surface area contributed by atoms with Crippen LogP contribution in [0.2, 0.25) is 0 Å². The molecule has 0 aliphatic heterocycles. The van der Waals surface area contributed by atoms with Crippen LogP contribution in [-0.2, 0) is 4.74 Å². The molecule has 20 heavy (non-hydrogen) atoms. The van der Waals surface area contributed by atoms with Gasteiger partial charge in [0.1, 0.15) is 0 Å². The van der Waals surface area contributed by atoms with Gasteiger partial charge in [-0.05, 0) is 25.2 Å². The number of ether oxygens (including phenoxy) is 1. The van der Waals surface area contributed by atoms with Gasteiger partial charge in [0.05, 0.1) is 12.7 Å². The van der Waals surface area contributed by atoms with Crippen LogP contribution in [-0.4, -0.2) is 37.0 Å². The van der Waals surface area contributed by atoms with Crippen LogP contribution < -0.4 is 5.32 Å². The van der Waals surface area contributed by atoms with Gasteiger partial charge in [-0.25, -0.2) is 0 Å². The molecule has 3 heteroatoms. The third-order valence-corrected chi connectivity index (χ3v) is 4.38. The molecule has 4 atom stereocenters. The number of aliphatic hydroxyl groups excluding tert-OH is 1. The van der Waals surface area contributed by atoms with Crippen molar-refractivity contribution < 1.29 is 9.84 Å². The highest BCUT2D eigenvalue weighted by Crippen LogP contribution is 2.13. The van der Waals surface area contributed by atoms with Crippen LogP contribution in [0.1, 0.15) is 66.7 Å². The van der Waals surface area contributed by atoms with Gasteiger partial charge in [0, 0.05) is 19.2 Å². The first-order valence-corrected chi connectivity index (χ1v) is 8.54. The number of aliphatic hydroxyl groups is 1. The van der Waals surface area contributed by atoms with Gasteiger partial charge in [0.25, 0.3) is 0 Å². The molecule has 4 unspecified atom stereocenters. The minimum absolute atomic E-state index is 0.398. The molecule has 0 aliphatic rings. The first kappa shape index (κ1) is 19.9. The van der Waals surface area contributed by atoms with Crippen molar-refractivity contribution in [3.05, 3.63) is 0 Å². The predicted molar refractivity (Wildman–Crippen MR) is 87.1 cm³/mol. The van der Waals surface area contributed by atoms with Crippen LogP contribution in [0.15, 0.2) is 0 Å². The molecule has 0 saturated carbocycles. The Morgan fingerprint density at radius 2 is 1.75 bits per heavy atom. The molecule has 0 fully saturated rings. The molecule has 122 valence electrons. The summed E-state index contributed by atoms with van der Waals surface area (Å²) in [5.41, 5.74) is 0. The maximum atomic E-state index is 9.93. The van der Waals surface area contributed by atoms with Gasteiger partial charge < -0.3 is 15.2 Å². The Hall–Kier alpha value is -0.120. The van der Waals surface area contributed by atoms with Crippen molar-refractivity contribution in [1.82, 2.24) is 5.32 Å². The highest BCUT2D eigenvalue weighted by molar-refractivity contribution is 4.69. The van der Waals surface area contributed by atoms with Crippen molar-refractivity contribution in [3.8, 4) is 0 Å². The van der Waals surface area contributed by atoms with Gasteiger partial charge in [-0.1, -0.05) is 53.4 Å². The average Bonchev–Trinajstić information content (AvgIpc) is 2.47. The minimum Gasteiger partial charge on any atom is -0.389 e. The SMILES string of the molecule is CCCCC(CC)COCC(O)CNC(C)C(C)CC. The van der Waals surface area contributed by atoms with Crippen molar-refractivity contribution in [1.29, 1.82) is 0 Å². The average molecular weight is 287 g/mol. The number of hydrogen-bond donors (Lipinski definition) is 2. The van der Waals surface area contributed by atoms with E-state index in [4.69, 9.17) is 4.74 Å². The normalized spacial score (nSPS) is 17.7. The fourth-order valence-electron chi connectivity index (χ4n) is 2.20. The van der Waals surface area contributed by atoms with Gasteiger partial charge in [-0.3, -0.25) is 0 Å². The minimum atomic E-state index is -0.398. The summed E-state index contributed by atoms with van der Waals surface area (Å²) in [5, 5.41) is 13.3. The summed E-state index contributed by atoms with van der Waals surface area (Å²) in [4.78, 5) is 0. The molecule has 0 spiro atoms. The molecule has 0 amide bonds. The molecule has 0 aromatic heterocycles. The molecule has 0 bridgehead atoms. The molecule has 0 radical (unpaired) electrons. The van der Waals surface area contributed by atoms with Crippen LogP contribution >= 0.6 is 0 Å². The van der Waals surface area contributed by atoms with Crippen LogP contribution in [0.25, 0.3) is 0 Å². The lowest BCUT2D eigenvalue weighted by Crippen LogP contribution is -2.39. The molecule has 3 nitrogen and oxygen atoms in total. The zero-order valence-corrected chi connectivity index (χ0v) is 14.3. The van der Waals surface area contributed by atoms with E-state index in [1.807, 2.05) is 0 Å². The van der Waals surface area contributed by atoms with Gasteiger partial charge in [-0.15, -0.1) is 0 Å². The van der Waals surface area contributed by atoms with Crippen molar-refractivity contribution in [2.24, 2.45) is 11.8 Å². The maximum absolute atomic E-state index is 9.93. The zero-order valence-electron chi connectivity index (χ0n) is 14.3. The van der Waals surface area contributed by atoms with E-state index in [1.165, 1.54) is 25.7 Å². The summed E-state index contributed by atoms with van der Waals surface area (Å²) in [6.45, 7) is 12.9. The number of rotatable bonds is 13. The van der Waals surface area contributed by atoms with E-state index in [9.17, 15) is 5.11 Å². The van der Waals surface area contributed by atoms with Crippen molar-refractivity contribution in [3.63, 3.8) is 0 Å². The van der Waals surface area contributed by atoms with Gasteiger partial charge in [-0.2, -0.15) is 0 Å². The fourth-order valence-corrected chi connectivity index (χ4v) is 2.20. The standard InChI is InChI=1S/C17H37NO2/c1-6-9-10-16(8-3)12-20-13-17(19)11-18-15(5)14(4)7-2/h14-19H,6-13H2,1-5H3. The summed E-state index contributed by atoms with van der Waals surface area (Å²) >= 11 is 0. The van der Waals surface area contributed by atoms with E-state index in [0.717, 1.165) is 13.0 Å². The van der Waals surface area contributed by atoms with Crippen LogP contribution in [0.4, 0.5) is 0 Å². The van der Waals surface area contributed by atoms with Crippen LogP contribution in [0.5, 0.6) is 0 Å². The Morgan fingerprint density at radius 3 is 2.30 bits per heavy atom. The van der Waals surface area contributed by atoms with Crippen molar-refractivity contribution in [2.75, 3.05) is 19.8 Å². The molecule has 0 heterocycles. The lowest BCUT2D eigenvalue weighted by Gasteiger charge is -2.22. The second-order valence-electron chi connectivity index (χ2n) is 6.19. The largest absolute Gasteiger partial charge is 0.389 e. The number of nitrogens with one attached hydrogen (secondary N) is 1. The smallest absolute Gasteiger partial charge is 0.0897 e.